The lowest BCUT2D eigenvalue weighted by atomic mass is 9.96. The molecule has 9 heteroatoms. The fourth-order valence-corrected chi connectivity index (χ4v) is 5.49. The third-order valence-electron chi connectivity index (χ3n) is 4.44. The van der Waals surface area contributed by atoms with Crippen LogP contribution in [0.2, 0.25) is 0 Å². The van der Waals surface area contributed by atoms with Gasteiger partial charge in [-0.25, -0.2) is 13.1 Å². The zero-order valence-electron chi connectivity index (χ0n) is 12.6. The minimum atomic E-state index is -3.66. The number of hydrogen-bond donors (Lipinski definition) is 2. The van der Waals surface area contributed by atoms with Crippen LogP contribution in [0.5, 0.6) is 0 Å². The second-order valence-corrected chi connectivity index (χ2v) is 9.28. The van der Waals surface area contributed by atoms with Crippen molar-refractivity contribution in [3.05, 3.63) is 0 Å². The monoisotopic (exact) mass is 344 g/mol. The highest BCUT2D eigenvalue weighted by Gasteiger charge is 2.41. The van der Waals surface area contributed by atoms with Gasteiger partial charge in [0.25, 0.3) is 10.0 Å². The first-order valence-electron chi connectivity index (χ1n) is 7.52. The topological polar surface area (TPSA) is 101 Å². The number of rotatable bonds is 5. The first-order valence-corrected chi connectivity index (χ1v) is 9.82. The lowest BCUT2D eigenvalue weighted by molar-refractivity contribution is -0.118. The molecule has 3 rings (SSSR count). The van der Waals surface area contributed by atoms with Crippen LogP contribution in [0.25, 0.3) is 0 Å². The van der Waals surface area contributed by atoms with E-state index in [9.17, 15) is 13.2 Å². The van der Waals surface area contributed by atoms with E-state index in [1.165, 1.54) is 6.42 Å². The Kier molecular flexibility index (Phi) is 4.21. The van der Waals surface area contributed by atoms with Crippen molar-refractivity contribution in [1.29, 1.82) is 0 Å². The first kappa shape index (κ1) is 15.8. The van der Waals surface area contributed by atoms with Crippen molar-refractivity contribution in [1.82, 2.24) is 14.9 Å². The molecule has 0 radical (unpaired) electrons. The Labute approximate surface area is 134 Å². The van der Waals surface area contributed by atoms with E-state index in [0.29, 0.717) is 11.8 Å². The van der Waals surface area contributed by atoms with Crippen LogP contribution in [0.1, 0.15) is 39.5 Å². The molecule has 2 aliphatic carbocycles. The predicted molar refractivity (Wildman–Crippen MR) is 82.9 cm³/mol. The average molecular weight is 344 g/mol. The van der Waals surface area contributed by atoms with Crippen LogP contribution in [-0.4, -0.2) is 30.6 Å². The molecule has 0 aliphatic heterocycles. The molecule has 1 aromatic heterocycles. The van der Waals surface area contributed by atoms with Crippen molar-refractivity contribution >= 4 is 32.4 Å². The fourth-order valence-electron chi connectivity index (χ4n) is 3.26. The fraction of sp³-hybridized carbons (Fsp3) is 0.769. The number of nitrogens with one attached hydrogen (secondary N) is 2. The van der Waals surface area contributed by atoms with E-state index in [0.717, 1.165) is 30.6 Å². The summed E-state index contributed by atoms with van der Waals surface area (Å²) in [5.41, 5.74) is 0. The van der Waals surface area contributed by atoms with Crippen molar-refractivity contribution in [3.63, 3.8) is 0 Å². The zero-order valence-corrected chi connectivity index (χ0v) is 14.2. The highest BCUT2D eigenvalue weighted by atomic mass is 32.2. The molecule has 2 fully saturated rings. The molecule has 2 aliphatic rings. The van der Waals surface area contributed by atoms with Gasteiger partial charge in [-0.05, 0) is 31.1 Å². The summed E-state index contributed by atoms with van der Waals surface area (Å²) in [6, 6.07) is 0.0151. The van der Waals surface area contributed by atoms with Crippen LogP contribution in [0.3, 0.4) is 0 Å². The predicted octanol–water partition coefficient (Wildman–Crippen LogP) is 1.60. The molecule has 2 bridgehead atoms. The lowest BCUT2D eigenvalue weighted by Gasteiger charge is -2.21. The van der Waals surface area contributed by atoms with Crippen molar-refractivity contribution < 1.29 is 13.2 Å². The van der Waals surface area contributed by atoms with Crippen LogP contribution in [0.15, 0.2) is 4.34 Å². The summed E-state index contributed by atoms with van der Waals surface area (Å²) < 4.78 is 27.4. The number of amides is 1. The molecule has 1 aromatic rings. The molecule has 3 atom stereocenters. The molecule has 0 spiro atoms. The summed E-state index contributed by atoms with van der Waals surface area (Å²) in [4.78, 5) is 11.6. The van der Waals surface area contributed by atoms with Crippen LogP contribution in [0.4, 0.5) is 5.13 Å². The van der Waals surface area contributed by atoms with Gasteiger partial charge in [0, 0.05) is 12.0 Å². The second-order valence-electron chi connectivity index (χ2n) is 6.42. The van der Waals surface area contributed by atoms with Gasteiger partial charge < -0.3 is 5.32 Å². The Morgan fingerprint density at radius 1 is 1.27 bits per heavy atom. The number of fused-ring (bicyclic) bond motifs is 2. The summed E-state index contributed by atoms with van der Waals surface area (Å²) >= 11 is 0.884. The summed E-state index contributed by atoms with van der Waals surface area (Å²) in [6.07, 6.45) is 4.36. The number of nitrogens with zero attached hydrogens (tertiary/aromatic N) is 2. The molecule has 1 heterocycles. The Hall–Kier alpha value is -1.06. The summed E-state index contributed by atoms with van der Waals surface area (Å²) in [7, 11) is -3.66. The number of sulfonamides is 1. The van der Waals surface area contributed by atoms with E-state index >= 15 is 0 Å². The number of anilines is 1. The smallest absolute Gasteiger partial charge is 0.270 e. The maximum Gasteiger partial charge on any atom is 0.270 e. The van der Waals surface area contributed by atoms with Crippen LogP contribution < -0.4 is 10.0 Å². The van der Waals surface area contributed by atoms with Gasteiger partial charge in [0.1, 0.15) is 0 Å². The van der Waals surface area contributed by atoms with Gasteiger partial charge in [0.05, 0.1) is 0 Å². The molecule has 3 unspecified atom stereocenters. The second kappa shape index (κ2) is 5.86. The zero-order chi connectivity index (χ0) is 15.9. The minimum absolute atomic E-state index is 0.0151. The normalized spacial score (nSPS) is 27.5. The van der Waals surface area contributed by atoms with Gasteiger partial charge >= 0.3 is 0 Å². The van der Waals surface area contributed by atoms with Crippen molar-refractivity contribution in [2.45, 2.75) is 49.9 Å². The molecule has 0 aromatic carbocycles. The van der Waals surface area contributed by atoms with E-state index in [-0.39, 0.29) is 27.3 Å². The highest BCUT2D eigenvalue weighted by Crippen LogP contribution is 2.44. The number of carbonyl (C=O) groups is 1. The van der Waals surface area contributed by atoms with Crippen molar-refractivity contribution in [2.24, 2.45) is 17.8 Å². The van der Waals surface area contributed by atoms with Crippen LogP contribution in [0, 0.1) is 17.8 Å². The van der Waals surface area contributed by atoms with Crippen LogP contribution >= 0.6 is 11.3 Å². The van der Waals surface area contributed by atoms with Gasteiger partial charge in [-0.15, -0.1) is 10.2 Å². The standard InChI is InChI=1S/C13H20N4O3S2/c1-7(2)11(18)14-12-15-16-13(21-12)22(19,20)17-10-6-8-3-4-9(10)5-8/h7-10,17H,3-6H2,1-2H3,(H,14,15,18). The molecule has 1 amide bonds. The van der Waals surface area contributed by atoms with E-state index in [1.54, 1.807) is 13.8 Å². The van der Waals surface area contributed by atoms with Gasteiger partial charge in [-0.3, -0.25) is 4.79 Å². The van der Waals surface area contributed by atoms with Gasteiger partial charge in [-0.1, -0.05) is 31.6 Å². The molecular weight excluding hydrogens is 324 g/mol. The number of carbonyl (C=O) groups excluding carboxylic acids is 1. The van der Waals surface area contributed by atoms with Crippen LogP contribution in [-0.2, 0) is 14.8 Å². The molecule has 7 nitrogen and oxygen atoms in total. The van der Waals surface area contributed by atoms with E-state index in [1.807, 2.05) is 0 Å². The minimum Gasteiger partial charge on any atom is -0.300 e. The average Bonchev–Trinajstić information content (AvgIpc) is 3.13. The summed E-state index contributed by atoms with van der Waals surface area (Å²) in [5.74, 6) is 0.707. The molecule has 2 saturated carbocycles. The Balaban J connectivity index is 1.67. The largest absolute Gasteiger partial charge is 0.300 e. The lowest BCUT2D eigenvalue weighted by Crippen LogP contribution is -2.38. The van der Waals surface area contributed by atoms with Crippen molar-refractivity contribution in [3.8, 4) is 0 Å². The number of hydrogen-bond acceptors (Lipinski definition) is 6. The molecule has 2 N–H and O–H groups in total. The summed E-state index contributed by atoms with van der Waals surface area (Å²) in [5, 5.41) is 10.2. The van der Waals surface area contributed by atoms with Gasteiger partial charge in [-0.2, -0.15) is 0 Å². The third-order valence-corrected chi connectivity index (χ3v) is 7.13. The Morgan fingerprint density at radius 2 is 2.05 bits per heavy atom. The number of aromatic nitrogens is 2. The molecular formula is C13H20N4O3S2. The molecule has 0 saturated heterocycles. The van der Waals surface area contributed by atoms with E-state index in [2.05, 4.69) is 20.2 Å². The third kappa shape index (κ3) is 3.16. The SMILES string of the molecule is CC(C)C(=O)Nc1nnc(S(=O)(=O)NC2CC3CCC2C3)s1. The first-order chi connectivity index (χ1) is 10.3. The Morgan fingerprint density at radius 3 is 2.64 bits per heavy atom. The summed E-state index contributed by atoms with van der Waals surface area (Å²) in [6.45, 7) is 3.51. The van der Waals surface area contributed by atoms with Crippen molar-refractivity contribution in [2.75, 3.05) is 5.32 Å². The molecule has 22 heavy (non-hydrogen) atoms. The Bertz CT molecular complexity index is 671. The quantitative estimate of drug-likeness (QED) is 0.790. The van der Waals surface area contributed by atoms with Gasteiger partial charge in [0.15, 0.2) is 0 Å². The molecule has 122 valence electrons. The maximum atomic E-state index is 12.4. The highest BCUT2D eigenvalue weighted by molar-refractivity contribution is 7.91. The maximum absolute atomic E-state index is 12.4. The van der Waals surface area contributed by atoms with Gasteiger partial charge in [0.2, 0.25) is 15.4 Å². The van der Waals surface area contributed by atoms with E-state index < -0.39 is 10.0 Å². The van der Waals surface area contributed by atoms with E-state index in [4.69, 9.17) is 0 Å².